The Bertz CT molecular complexity index is 1640. The van der Waals surface area contributed by atoms with E-state index in [1.807, 2.05) is 12.1 Å². The molecule has 0 aromatic heterocycles. The summed E-state index contributed by atoms with van der Waals surface area (Å²) in [5.74, 6) is -1.08. The Hall–Kier alpha value is -4.30. The van der Waals surface area contributed by atoms with Gasteiger partial charge >= 0.3 is 0 Å². The molecule has 1 heterocycles. The first-order chi connectivity index (χ1) is 19.3. The average molecular weight is 593 g/mol. The fraction of sp³-hybridized carbons (Fsp3) is 0.0333. The highest BCUT2D eigenvalue weighted by Gasteiger charge is 2.39. The molecule has 0 aliphatic carbocycles. The molecular formula is C30H20Cl3N3O4. The Labute approximate surface area is 244 Å². The number of benzene rings is 4. The van der Waals surface area contributed by atoms with E-state index in [-0.39, 0.29) is 27.3 Å². The lowest BCUT2D eigenvalue weighted by Crippen LogP contribution is -2.32. The van der Waals surface area contributed by atoms with Crippen LogP contribution in [0.5, 0.6) is 5.75 Å². The standard InChI is InChI=1S/C30H20Cl3N3O4/c31-20-10-8-18(9-11-20)17-40-23-14-12-21(13-15-23)35-28(37)19-4-3-5-22(16-19)34-27-26(33)29(38)36(30(27)39)25-7-2-1-6-24(25)32/h1-16,34H,17H2,(H,35,37). The summed E-state index contributed by atoms with van der Waals surface area (Å²) in [6.45, 7) is 0.382. The number of para-hydroxylation sites is 1. The van der Waals surface area contributed by atoms with Crippen LogP contribution in [0.3, 0.4) is 0 Å². The van der Waals surface area contributed by atoms with Crippen LogP contribution in [0.1, 0.15) is 15.9 Å². The molecule has 0 fully saturated rings. The number of amides is 3. The van der Waals surface area contributed by atoms with Gasteiger partial charge in [-0.25, -0.2) is 4.90 Å². The molecule has 0 atom stereocenters. The van der Waals surface area contributed by atoms with E-state index in [9.17, 15) is 14.4 Å². The second-order valence-corrected chi connectivity index (χ2v) is 9.91. The third-order valence-electron chi connectivity index (χ3n) is 5.95. The van der Waals surface area contributed by atoms with Gasteiger partial charge in [-0.1, -0.05) is 65.1 Å². The van der Waals surface area contributed by atoms with Gasteiger partial charge in [0.25, 0.3) is 17.7 Å². The fourth-order valence-corrected chi connectivity index (χ4v) is 4.49. The molecule has 4 aromatic carbocycles. The number of halogens is 3. The lowest BCUT2D eigenvalue weighted by molar-refractivity contribution is -0.120. The Balaban J connectivity index is 1.23. The normalized spacial score (nSPS) is 13.0. The number of ether oxygens (including phenoxy) is 1. The highest BCUT2D eigenvalue weighted by molar-refractivity contribution is 6.53. The van der Waals surface area contributed by atoms with E-state index in [2.05, 4.69) is 10.6 Å². The van der Waals surface area contributed by atoms with Crippen molar-refractivity contribution in [1.29, 1.82) is 0 Å². The molecule has 0 spiro atoms. The number of hydrogen-bond donors (Lipinski definition) is 2. The van der Waals surface area contributed by atoms with Crippen LogP contribution < -0.4 is 20.3 Å². The summed E-state index contributed by atoms with van der Waals surface area (Å²) in [6, 6.07) is 27.3. The molecule has 0 bridgehead atoms. The number of hydrogen-bond acceptors (Lipinski definition) is 5. The second-order valence-electron chi connectivity index (χ2n) is 8.69. The zero-order valence-corrected chi connectivity index (χ0v) is 22.9. The first-order valence-electron chi connectivity index (χ1n) is 12.0. The van der Waals surface area contributed by atoms with Gasteiger partial charge in [-0.3, -0.25) is 14.4 Å². The van der Waals surface area contributed by atoms with Crippen LogP contribution in [0, 0.1) is 0 Å². The van der Waals surface area contributed by atoms with Crippen LogP contribution in [-0.4, -0.2) is 17.7 Å². The Morgan fingerprint density at radius 1 is 0.775 bits per heavy atom. The molecule has 7 nitrogen and oxygen atoms in total. The van der Waals surface area contributed by atoms with E-state index in [0.717, 1.165) is 10.5 Å². The lowest BCUT2D eigenvalue weighted by Gasteiger charge is -2.16. The third-order valence-corrected chi connectivity index (χ3v) is 6.87. The number of nitrogens with one attached hydrogen (secondary N) is 2. The molecule has 1 aliphatic heterocycles. The lowest BCUT2D eigenvalue weighted by atomic mass is 10.1. The van der Waals surface area contributed by atoms with E-state index in [1.165, 1.54) is 0 Å². The van der Waals surface area contributed by atoms with E-state index in [1.54, 1.807) is 84.9 Å². The molecule has 5 rings (SSSR count). The van der Waals surface area contributed by atoms with Crippen molar-refractivity contribution < 1.29 is 19.1 Å². The molecule has 1 aliphatic rings. The molecule has 40 heavy (non-hydrogen) atoms. The number of imide groups is 1. The summed E-state index contributed by atoms with van der Waals surface area (Å²) in [4.78, 5) is 39.6. The maximum atomic E-state index is 13.1. The Morgan fingerprint density at radius 2 is 1.50 bits per heavy atom. The predicted molar refractivity (Wildman–Crippen MR) is 157 cm³/mol. The second kappa shape index (κ2) is 11.8. The summed E-state index contributed by atoms with van der Waals surface area (Å²) in [7, 11) is 0. The van der Waals surface area contributed by atoms with Crippen molar-refractivity contribution in [2.75, 3.05) is 15.5 Å². The van der Waals surface area contributed by atoms with E-state index >= 15 is 0 Å². The number of nitrogens with zero attached hydrogens (tertiary/aromatic N) is 1. The van der Waals surface area contributed by atoms with Gasteiger partial charge in [0.15, 0.2) is 0 Å². The molecule has 0 saturated heterocycles. The predicted octanol–water partition coefficient (Wildman–Crippen LogP) is 7.26. The first kappa shape index (κ1) is 27.3. The van der Waals surface area contributed by atoms with Gasteiger partial charge in [0.2, 0.25) is 0 Å². The van der Waals surface area contributed by atoms with Crippen molar-refractivity contribution in [3.63, 3.8) is 0 Å². The highest BCUT2D eigenvalue weighted by atomic mass is 35.5. The minimum Gasteiger partial charge on any atom is -0.489 e. The fourth-order valence-electron chi connectivity index (χ4n) is 3.93. The van der Waals surface area contributed by atoms with Gasteiger partial charge in [0.05, 0.1) is 10.7 Å². The molecule has 0 saturated carbocycles. The third kappa shape index (κ3) is 5.97. The van der Waals surface area contributed by atoms with Gasteiger partial charge < -0.3 is 15.4 Å². The monoisotopic (exact) mass is 591 g/mol. The number of anilines is 3. The van der Waals surface area contributed by atoms with Crippen LogP contribution in [0.4, 0.5) is 17.1 Å². The summed E-state index contributed by atoms with van der Waals surface area (Å²) in [6.07, 6.45) is 0. The van der Waals surface area contributed by atoms with Crippen molar-refractivity contribution in [2.45, 2.75) is 6.61 Å². The van der Waals surface area contributed by atoms with Gasteiger partial charge in [-0.2, -0.15) is 0 Å². The van der Waals surface area contributed by atoms with Crippen LogP contribution in [0.25, 0.3) is 0 Å². The van der Waals surface area contributed by atoms with Crippen molar-refractivity contribution >= 4 is 69.6 Å². The molecule has 3 amide bonds. The van der Waals surface area contributed by atoms with Crippen molar-refractivity contribution in [1.82, 2.24) is 0 Å². The largest absolute Gasteiger partial charge is 0.489 e. The highest BCUT2D eigenvalue weighted by Crippen LogP contribution is 2.34. The zero-order valence-electron chi connectivity index (χ0n) is 20.7. The van der Waals surface area contributed by atoms with Crippen LogP contribution in [0.2, 0.25) is 10.0 Å². The Morgan fingerprint density at radius 3 is 2.23 bits per heavy atom. The maximum Gasteiger partial charge on any atom is 0.283 e. The van der Waals surface area contributed by atoms with Crippen LogP contribution in [-0.2, 0) is 16.2 Å². The van der Waals surface area contributed by atoms with Gasteiger partial charge in [-0.05, 0) is 72.3 Å². The van der Waals surface area contributed by atoms with Gasteiger partial charge in [0.1, 0.15) is 23.1 Å². The molecular weight excluding hydrogens is 573 g/mol. The zero-order chi connectivity index (χ0) is 28.2. The molecule has 2 N–H and O–H groups in total. The molecule has 4 aromatic rings. The topological polar surface area (TPSA) is 87.7 Å². The maximum absolute atomic E-state index is 13.1. The van der Waals surface area contributed by atoms with Crippen molar-refractivity contribution in [2.24, 2.45) is 0 Å². The quantitative estimate of drug-likeness (QED) is 0.210. The van der Waals surface area contributed by atoms with E-state index in [4.69, 9.17) is 39.5 Å². The minimum absolute atomic E-state index is 0.113. The molecule has 10 heteroatoms. The smallest absolute Gasteiger partial charge is 0.283 e. The summed E-state index contributed by atoms with van der Waals surface area (Å²) < 4.78 is 5.78. The SMILES string of the molecule is O=C(Nc1ccc(OCc2ccc(Cl)cc2)cc1)c1cccc(NC2=C(Cl)C(=O)N(c3ccccc3Cl)C2=O)c1. The molecule has 0 unspecified atom stereocenters. The minimum atomic E-state index is -0.697. The number of rotatable bonds is 8. The van der Waals surface area contributed by atoms with Crippen LogP contribution in [0.15, 0.2) is 108 Å². The Kier molecular flexibility index (Phi) is 8.07. The van der Waals surface area contributed by atoms with Gasteiger partial charge in [0, 0.05) is 22.0 Å². The number of carbonyl (C=O) groups excluding carboxylic acids is 3. The van der Waals surface area contributed by atoms with Gasteiger partial charge in [-0.15, -0.1) is 0 Å². The summed E-state index contributed by atoms with van der Waals surface area (Å²) in [5, 5.41) is 6.31. The van der Waals surface area contributed by atoms with Crippen molar-refractivity contribution in [3.8, 4) is 5.75 Å². The number of carbonyl (C=O) groups is 3. The molecule has 0 radical (unpaired) electrons. The summed E-state index contributed by atoms with van der Waals surface area (Å²) in [5.41, 5.74) is 2.38. The van der Waals surface area contributed by atoms with E-state index in [0.29, 0.717) is 34.3 Å². The van der Waals surface area contributed by atoms with E-state index < -0.39 is 11.8 Å². The van der Waals surface area contributed by atoms with Crippen LogP contribution >= 0.6 is 34.8 Å². The molecule has 200 valence electrons. The first-order valence-corrected chi connectivity index (χ1v) is 13.1. The average Bonchev–Trinajstić information content (AvgIpc) is 3.17. The van der Waals surface area contributed by atoms with Crippen molar-refractivity contribution in [3.05, 3.63) is 129 Å². The summed E-state index contributed by atoms with van der Waals surface area (Å²) >= 11 is 18.3.